The predicted molar refractivity (Wildman–Crippen MR) is 86.2 cm³/mol. The van der Waals surface area contributed by atoms with Gasteiger partial charge in [-0.2, -0.15) is 0 Å². The Morgan fingerprint density at radius 3 is 2.19 bits per heavy atom. The van der Waals surface area contributed by atoms with Gasteiger partial charge in [0.15, 0.2) is 0 Å². The second kappa shape index (κ2) is 5.84. The van der Waals surface area contributed by atoms with E-state index in [4.69, 9.17) is 10.0 Å². The number of fused-ring (bicyclic) bond motifs is 1. The molecule has 2 nitrogen and oxygen atoms in total. The van der Waals surface area contributed by atoms with E-state index in [1.165, 1.54) is 5.39 Å². The minimum atomic E-state index is -1.44. The number of rotatable bonds is 1. The van der Waals surface area contributed by atoms with Crippen LogP contribution in [0.25, 0.3) is 10.8 Å². The summed E-state index contributed by atoms with van der Waals surface area (Å²) in [5.41, 5.74) is 2.29. The van der Waals surface area contributed by atoms with Crippen molar-refractivity contribution in [2.75, 3.05) is 0 Å². The molecule has 0 aromatic heterocycles. The summed E-state index contributed by atoms with van der Waals surface area (Å²) in [5, 5.41) is 20.4. The lowest BCUT2D eigenvalue weighted by molar-refractivity contribution is 0.426. The largest absolute Gasteiger partial charge is 0.488 e. The van der Waals surface area contributed by atoms with Crippen molar-refractivity contribution in [3.63, 3.8) is 0 Å². The molecule has 0 aliphatic rings. The van der Waals surface area contributed by atoms with Crippen molar-refractivity contribution in [3.05, 3.63) is 77.9 Å². The highest BCUT2D eigenvalue weighted by atomic mass is 16.4. The molecule has 0 radical (unpaired) electrons. The Balaban J connectivity index is 1.96. The van der Waals surface area contributed by atoms with E-state index in [1.54, 1.807) is 24.3 Å². The van der Waals surface area contributed by atoms with E-state index >= 15 is 0 Å². The van der Waals surface area contributed by atoms with Crippen LogP contribution in [0, 0.1) is 11.8 Å². The van der Waals surface area contributed by atoms with E-state index < -0.39 is 7.12 Å². The molecular weight excluding hydrogens is 259 g/mol. The van der Waals surface area contributed by atoms with Crippen LogP contribution in [-0.2, 0) is 0 Å². The molecular formula is C18H13BO2. The first-order valence-corrected chi connectivity index (χ1v) is 6.70. The zero-order valence-electron chi connectivity index (χ0n) is 11.3. The van der Waals surface area contributed by atoms with Gasteiger partial charge in [0.25, 0.3) is 0 Å². The number of benzene rings is 3. The van der Waals surface area contributed by atoms with Crippen LogP contribution in [-0.4, -0.2) is 17.2 Å². The maximum Gasteiger partial charge on any atom is 0.488 e. The minimum Gasteiger partial charge on any atom is -0.423 e. The second-order valence-electron chi connectivity index (χ2n) is 4.77. The lowest BCUT2D eigenvalue weighted by Gasteiger charge is -2.00. The molecule has 3 aromatic rings. The molecule has 0 atom stereocenters. The van der Waals surface area contributed by atoms with Gasteiger partial charge in [-0.25, -0.2) is 0 Å². The molecule has 0 saturated heterocycles. The van der Waals surface area contributed by atoms with Crippen molar-refractivity contribution in [1.29, 1.82) is 0 Å². The molecule has 0 fully saturated rings. The van der Waals surface area contributed by atoms with E-state index in [1.807, 2.05) is 24.3 Å². The molecule has 0 bridgehead atoms. The van der Waals surface area contributed by atoms with E-state index in [9.17, 15) is 0 Å². The van der Waals surface area contributed by atoms with Gasteiger partial charge in [-0.15, -0.1) is 0 Å². The lowest BCUT2D eigenvalue weighted by atomic mass is 9.80. The SMILES string of the molecule is OB(O)c1ccc(C#Cc2cccc3ccccc23)cc1. The third-order valence-electron chi connectivity index (χ3n) is 3.34. The van der Waals surface area contributed by atoms with Crippen molar-refractivity contribution in [1.82, 2.24) is 0 Å². The fourth-order valence-corrected chi connectivity index (χ4v) is 2.21. The highest BCUT2D eigenvalue weighted by molar-refractivity contribution is 6.58. The van der Waals surface area contributed by atoms with E-state index in [2.05, 4.69) is 30.0 Å². The Morgan fingerprint density at radius 2 is 1.43 bits per heavy atom. The molecule has 3 rings (SSSR count). The Bertz CT molecular complexity index is 822. The van der Waals surface area contributed by atoms with E-state index in [0.29, 0.717) is 5.46 Å². The second-order valence-corrected chi connectivity index (χ2v) is 4.77. The Labute approximate surface area is 123 Å². The molecule has 0 spiro atoms. The van der Waals surface area contributed by atoms with Crippen molar-refractivity contribution in [2.45, 2.75) is 0 Å². The fourth-order valence-electron chi connectivity index (χ4n) is 2.21. The Hall–Kier alpha value is -2.54. The zero-order valence-corrected chi connectivity index (χ0v) is 11.3. The monoisotopic (exact) mass is 272 g/mol. The molecule has 0 aliphatic carbocycles. The summed E-state index contributed by atoms with van der Waals surface area (Å²) < 4.78 is 0. The summed E-state index contributed by atoms with van der Waals surface area (Å²) in [7, 11) is -1.44. The number of hydrogen-bond donors (Lipinski definition) is 2. The normalized spacial score (nSPS) is 10.0. The number of hydrogen-bond acceptors (Lipinski definition) is 2. The molecule has 21 heavy (non-hydrogen) atoms. The molecule has 0 unspecified atom stereocenters. The first-order chi connectivity index (χ1) is 10.2. The third kappa shape index (κ3) is 2.98. The molecule has 3 aromatic carbocycles. The van der Waals surface area contributed by atoms with Gasteiger partial charge in [0.2, 0.25) is 0 Å². The smallest absolute Gasteiger partial charge is 0.423 e. The van der Waals surface area contributed by atoms with Crippen molar-refractivity contribution in [2.24, 2.45) is 0 Å². The minimum absolute atomic E-state index is 0.464. The summed E-state index contributed by atoms with van der Waals surface area (Å²) in [6, 6.07) is 21.1. The maximum atomic E-state index is 9.06. The van der Waals surface area contributed by atoms with E-state index in [0.717, 1.165) is 16.5 Å². The van der Waals surface area contributed by atoms with Gasteiger partial charge in [-0.05, 0) is 34.4 Å². The summed E-state index contributed by atoms with van der Waals surface area (Å²) in [4.78, 5) is 0. The summed E-state index contributed by atoms with van der Waals surface area (Å²) in [5.74, 6) is 6.28. The van der Waals surface area contributed by atoms with Crippen LogP contribution in [0.4, 0.5) is 0 Å². The first-order valence-electron chi connectivity index (χ1n) is 6.70. The van der Waals surface area contributed by atoms with Gasteiger partial charge in [0.05, 0.1) is 0 Å². The van der Waals surface area contributed by atoms with Crippen LogP contribution in [0.5, 0.6) is 0 Å². The predicted octanol–water partition coefficient (Wildman–Crippen LogP) is 1.92. The highest BCUT2D eigenvalue weighted by Gasteiger charge is 2.08. The third-order valence-corrected chi connectivity index (χ3v) is 3.34. The Morgan fingerprint density at radius 1 is 0.714 bits per heavy atom. The van der Waals surface area contributed by atoms with Gasteiger partial charge in [-0.3, -0.25) is 0 Å². The van der Waals surface area contributed by atoms with E-state index in [-0.39, 0.29) is 0 Å². The van der Waals surface area contributed by atoms with Crippen molar-refractivity contribution < 1.29 is 10.0 Å². The highest BCUT2D eigenvalue weighted by Crippen LogP contribution is 2.17. The van der Waals surface area contributed by atoms with Crippen LogP contribution in [0.1, 0.15) is 11.1 Å². The quantitative estimate of drug-likeness (QED) is 0.525. The first kappa shape index (κ1) is 13.4. The fraction of sp³-hybridized carbons (Fsp3) is 0. The van der Waals surface area contributed by atoms with Crippen molar-refractivity contribution >= 4 is 23.4 Å². The van der Waals surface area contributed by atoms with Crippen LogP contribution >= 0.6 is 0 Å². The van der Waals surface area contributed by atoms with Crippen molar-refractivity contribution in [3.8, 4) is 11.8 Å². The molecule has 0 aliphatic heterocycles. The summed E-state index contributed by atoms with van der Waals surface area (Å²) in [6.07, 6.45) is 0. The molecule has 0 saturated carbocycles. The van der Waals surface area contributed by atoms with Gasteiger partial charge in [0.1, 0.15) is 0 Å². The van der Waals surface area contributed by atoms with Crippen LogP contribution < -0.4 is 5.46 Å². The zero-order chi connectivity index (χ0) is 14.7. The summed E-state index contributed by atoms with van der Waals surface area (Å²) >= 11 is 0. The van der Waals surface area contributed by atoms with Crippen LogP contribution in [0.2, 0.25) is 0 Å². The molecule has 3 heteroatoms. The molecule has 2 N–H and O–H groups in total. The lowest BCUT2D eigenvalue weighted by Crippen LogP contribution is -2.29. The molecule has 100 valence electrons. The Kier molecular flexibility index (Phi) is 3.74. The average Bonchev–Trinajstić information content (AvgIpc) is 2.53. The van der Waals surface area contributed by atoms with Gasteiger partial charge >= 0.3 is 7.12 Å². The van der Waals surface area contributed by atoms with Crippen LogP contribution in [0.15, 0.2) is 66.7 Å². The maximum absolute atomic E-state index is 9.06. The standard InChI is InChI=1S/C18H13BO2/c20-19(21)17-12-9-14(10-13-17)8-11-16-6-3-5-15-4-1-2-7-18(15)16/h1-7,9-10,12-13,20-21H. The molecule has 0 amide bonds. The molecule has 0 heterocycles. The average molecular weight is 272 g/mol. The van der Waals surface area contributed by atoms with Gasteiger partial charge in [-0.1, -0.05) is 60.4 Å². The van der Waals surface area contributed by atoms with Gasteiger partial charge < -0.3 is 10.0 Å². The van der Waals surface area contributed by atoms with Gasteiger partial charge in [0, 0.05) is 11.1 Å². The van der Waals surface area contributed by atoms with Crippen LogP contribution in [0.3, 0.4) is 0 Å². The topological polar surface area (TPSA) is 40.5 Å². The summed E-state index contributed by atoms with van der Waals surface area (Å²) in [6.45, 7) is 0.